The maximum Gasteiger partial charge on any atom is 0.250 e. The molecule has 0 radical (unpaired) electrons. The number of hydrazone groups is 1. The fourth-order valence-corrected chi connectivity index (χ4v) is 3.99. The van der Waals surface area contributed by atoms with E-state index in [0.29, 0.717) is 5.16 Å². The van der Waals surface area contributed by atoms with Gasteiger partial charge in [-0.3, -0.25) is 9.36 Å². The number of thioether (sulfide) groups is 1. The van der Waals surface area contributed by atoms with Crippen LogP contribution >= 0.6 is 27.7 Å². The van der Waals surface area contributed by atoms with Gasteiger partial charge in [0.25, 0.3) is 5.91 Å². The third-order valence-electron chi connectivity index (χ3n) is 4.31. The van der Waals surface area contributed by atoms with Crippen LogP contribution in [-0.2, 0) is 4.79 Å². The molecule has 6 nitrogen and oxygen atoms in total. The molecule has 0 saturated heterocycles. The first kappa shape index (κ1) is 21.0. The van der Waals surface area contributed by atoms with E-state index in [0.717, 1.165) is 27.1 Å². The molecule has 154 valence electrons. The van der Waals surface area contributed by atoms with Crippen LogP contribution in [-0.4, -0.2) is 32.6 Å². The van der Waals surface area contributed by atoms with Crippen LogP contribution < -0.4 is 5.43 Å². The molecule has 3 aromatic carbocycles. The van der Waals surface area contributed by atoms with Gasteiger partial charge in [0.05, 0.1) is 12.0 Å². The zero-order valence-electron chi connectivity index (χ0n) is 16.4. The van der Waals surface area contributed by atoms with Crippen molar-refractivity contribution in [1.82, 2.24) is 20.2 Å². The van der Waals surface area contributed by atoms with E-state index in [1.165, 1.54) is 11.8 Å². The Hall–Kier alpha value is -3.23. The summed E-state index contributed by atoms with van der Waals surface area (Å²) >= 11 is 4.76. The van der Waals surface area contributed by atoms with E-state index in [1.807, 2.05) is 89.5 Å². The van der Waals surface area contributed by atoms with Gasteiger partial charge in [-0.1, -0.05) is 94.4 Å². The van der Waals surface area contributed by atoms with Crippen LogP contribution in [0.3, 0.4) is 0 Å². The van der Waals surface area contributed by atoms with Crippen molar-refractivity contribution in [2.24, 2.45) is 5.10 Å². The van der Waals surface area contributed by atoms with Gasteiger partial charge >= 0.3 is 0 Å². The number of aromatic nitrogens is 3. The molecule has 0 fully saturated rings. The number of para-hydroxylation sites is 1. The van der Waals surface area contributed by atoms with E-state index in [4.69, 9.17) is 0 Å². The normalized spacial score (nSPS) is 11.0. The molecule has 0 bridgehead atoms. The minimum absolute atomic E-state index is 0.160. The molecule has 0 spiro atoms. The molecule has 1 N–H and O–H groups in total. The summed E-state index contributed by atoms with van der Waals surface area (Å²) in [6.07, 6.45) is 1.60. The summed E-state index contributed by atoms with van der Waals surface area (Å²) in [6, 6.07) is 27.4. The average Bonchev–Trinajstić information content (AvgIpc) is 3.24. The van der Waals surface area contributed by atoms with E-state index in [-0.39, 0.29) is 11.7 Å². The lowest BCUT2D eigenvalue weighted by Crippen LogP contribution is -2.20. The number of carbonyl (C=O) groups is 1. The summed E-state index contributed by atoms with van der Waals surface area (Å²) in [4.78, 5) is 12.3. The zero-order chi connectivity index (χ0) is 21.5. The number of amides is 1. The van der Waals surface area contributed by atoms with Crippen LogP contribution in [0.25, 0.3) is 17.1 Å². The summed E-state index contributed by atoms with van der Waals surface area (Å²) in [6.45, 7) is 0. The molecule has 0 saturated carbocycles. The standard InChI is InChI=1S/C23H18BrN5OS/c24-20-14-8-7-11-18(20)15-25-26-21(30)16-31-23-28-27-22(17-9-3-1-4-10-17)29(23)19-12-5-2-6-13-19/h1-15H,16H2,(H,26,30)/b25-15-. The van der Waals surface area contributed by atoms with Crippen molar-refractivity contribution >= 4 is 39.8 Å². The van der Waals surface area contributed by atoms with E-state index in [2.05, 4.69) is 36.7 Å². The first-order valence-electron chi connectivity index (χ1n) is 9.48. The van der Waals surface area contributed by atoms with Gasteiger partial charge in [0.1, 0.15) is 0 Å². The lowest BCUT2D eigenvalue weighted by atomic mass is 10.2. The number of nitrogens with one attached hydrogen (secondary N) is 1. The molecule has 31 heavy (non-hydrogen) atoms. The minimum atomic E-state index is -0.225. The Bertz CT molecular complexity index is 1200. The van der Waals surface area contributed by atoms with Crippen molar-refractivity contribution in [2.75, 3.05) is 5.75 Å². The molecule has 1 amide bonds. The summed E-state index contributed by atoms with van der Waals surface area (Å²) in [7, 11) is 0. The van der Waals surface area contributed by atoms with Crippen molar-refractivity contribution in [1.29, 1.82) is 0 Å². The molecule has 0 atom stereocenters. The predicted octanol–water partition coefficient (Wildman–Crippen LogP) is 4.94. The fourth-order valence-electron chi connectivity index (χ4n) is 2.86. The van der Waals surface area contributed by atoms with Crippen LogP contribution in [0.15, 0.2) is 99.7 Å². The van der Waals surface area contributed by atoms with Crippen molar-refractivity contribution < 1.29 is 4.79 Å². The van der Waals surface area contributed by atoms with E-state index < -0.39 is 0 Å². The van der Waals surface area contributed by atoms with Crippen molar-refractivity contribution in [3.8, 4) is 17.1 Å². The van der Waals surface area contributed by atoms with Crippen molar-refractivity contribution in [2.45, 2.75) is 5.16 Å². The average molecular weight is 492 g/mol. The van der Waals surface area contributed by atoms with Gasteiger partial charge in [-0.25, -0.2) is 5.43 Å². The van der Waals surface area contributed by atoms with Crippen LogP contribution in [0.4, 0.5) is 0 Å². The Balaban J connectivity index is 1.49. The number of hydrogen-bond acceptors (Lipinski definition) is 5. The molecule has 0 aliphatic carbocycles. The summed E-state index contributed by atoms with van der Waals surface area (Å²) in [5, 5.41) is 13.4. The Morgan fingerprint density at radius 3 is 2.39 bits per heavy atom. The molecule has 4 rings (SSSR count). The minimum Gasteiger partial charge on any atom is -0.272 e. The summed E-state index contributed by atoms with van der Waals surface area (Å²) in [5.74, 6) is 0.659. The van der Waals surface area contributed by atoms with Crippen LogP contribution in [0, 0.1) is 0 Å². The Morgan fingerprint density at radius 2 is 1.65 bits per heavy atom. The zero-order valence-corrected chi connectivity index (χ0v) is 18.8. The molecule has 1 heterocycles. The smallest absolute Gasteiger partial charge is 0.250 e. The van der Waals surface area contributed by atoms with E-state index in [9.17, 15) is 4.79 Å². The molecule has 0 unspecified atom stereocenters. The quantitative estimate of drug-likeness (QED) is 0.225. The highest BCUT2D eigenvalue weighted by atomic mass is 79.9. The highest BCUT2D eigenvalue weighted by molar-refractivity contribution is 9.10. The molecule has 8 heteroatoms. The number of hydrogen-bond donors (Lipinski definition) is 1. The first-order chi connectivity index (χ1) is 15.2. The lowest BCUT2D eigenvalue weighted by Gasteiger charge is -2.10. The number of benzene rings is 3. The van der Waals surface area contributed by atoms with Crippen LogP contribution in [0.2, 0.25) is 0 Å². The number of halogens is 1. The third-order valence-corrected chi connectivity index (χ3v) is 5.96. The van der Waals surface area contributed by atoms with Crippen LogP contribution in [0.5, 0.6) is 0 Å². The second-order valence-corrected chi connectivity index (χ2v) is 8.24. The maximum absolute atomic E-state index is 12.3. The first-order valence-corrected chi connectivity index (χ1v) is 11.3. The second kappa shape index (κ2) is 10.2. The van der Waals surface area contributed by atoms with Crippen molar-refractivity contribution in [3.05, 3.63) is 95.0 Å². The largest absolute Gasteiger partial charge is 0.272 e. The second-order valence-electron chi connectivity index (χ2n) is 6.45. The predicted molar refractivity (Wildman–Crippen MR) is 127 cm³/mol. The van der Waals surface area contributed by atoms with Crippen molar-refractivity contribution in [3.63, 3.8) is 0 Å². The highest BCUT2D eigenvalue weighted by Gasteiger charge is 2.16. The highest BCUT2D eigenvalue weighted by Crippen LogP contribution is 2.27. The van der Waals surface area contributed by atoms with Gasteiger partial charge in [0.15, 0.2) is 11.0 Å². The molecule has 4 aromatic rings. The molecular weight excluding hydrogens is 474 g/mol. The third kappa shape index (κ3) is 5.28. The maximum atomic E-state index is 12.3. The molecule has 1 aromatic heterocycles. The van der Waals surface area contributed by atoms with Gasteiger partial charge in [-0.2, -0.15) is 5.10 Å². The molecule has 0 aliphatic heterocycles. The fraction of sp³-hybridized carbons (Fsp3) is 0.0435. The summed E-state index contributed by atoms with van der Waals surface area (Å²) < 4.78 is 2.87. The van der Waals surface area contributed by atoms with Crippen LogP contribution in [0.1, 0.15) is 5.56 Å². The SMILES string of the molecule is O=C(CSc1nnc(-c2ccccc2)n1-c1ccccc1)N/N=C\c1ccccc1Br. The van der Waals surface area contributed by atoms with Gasteiger partial charge in [0.2, 0.25) is 0 Å². The molecule has 0 aliphatic rings. The van der Waals surface area contributed by atoms with Gasteiger partial charge in [-0.05, 0) is 18.2 Å². The molecular formula is C23H18BrN5OS. The van der Waals surface area contributed by atoms with Gasteiger partial charge < -0.3 is 0 Å². The summed E-state index contributed by atoms with van der Waals surface area (Å²) in [5.41, 5.74) is 5.32. The van der Waals surface area contributed by atoms with E-state index >= 15 is 0 Å². The number of rotatable bonds is 7. The topological polar surface area (TPSA) is 72.2 Å². The Kier molecular flexibility index (Phi) is 6.91. The monoisotopic (exact) mass is 491 g/mol. The number of carbonyl (C=O) groups excluding carboxylic acids is 1. The number of nitrogens with zero attached hydrogens (tertiary/aromatic N) is 4. The van der Waals surface area contributed by atoms with Gasteiger partial charge in [0, 0.05) is 21.3 Å². The lowest BCUT2D eigenvalue weighted by molar-refractivity contribution is -0.118. The Labute approximate surface area is 192 Å². The van der Waals surface area contributed by atoms with Gasteiger partial charge in [-0.15, -0.1) is 10.2 Å². The Morgan fingerprint density at radius 1 is 0.968 bits per heavy atom. The van der Waals surface area contributed by atoms with E-state index in [1.54, 1.807) is 6.21 Å².